The average molecular weight is 403 g/mol. The Hall–Kier alpha value is -2.87. The van der Waals surface area contributed by atoms with E-state index >= 15 is 0 Å². The van der Waals surface area contributed by atoms with E-state index in [1.54, 1.807) is 25.1 Å². The van der Waals surface area contributed by atoms with Crippen molar-refractivity contribution >= 4 is 11.8 Å². The highest BCUT2D eigenvalue weighted by molar-refractivity contribution is 5.99. The first-order valence-corrected chi connectivity index (χ1v) is 9.74. The maximum Gasteiger partial charge on any atom is 0.271 e. The van der Waals surface area contributed by atoms with Gasteiger partial charge >= 0.3 is 0 Å². The summed E-state index contributed by atoms with van der Waals surface area (Å²) in [6, 6.07) is 7.66. The Morgan fingerprint density at radius 2 is 1.90 bits per heavy atom. The monoisotopic (exact) mass is 403 g/mol. The molecule has 2 aromatic rings. The molecule has 1 saturated carbocycles. The number of H-pyrrole nitrogens is 1. The molecule has 7 nitrogen and oxygen atoms in total. The first-order chi connectivity index (χ1) is 13.9. The Balaban J connectivity index is 1.78. The van der Waals surface area contributed by atoms with Crippen molar-refractivity contribution in [1.29, 1.82) is 0 Å². The molecule has 1 heterocycles. The predicted molar refractivity (Wildman–Crippen MR) is 105 cm³/mol. The van der Waals surface area contributed by atoms with Gasteiger partial charge in [-0.15, -0.1) is 0 Å². The van der Waals surface area contributed by atoms with E-state index in [4.69, 9.17) is 4.74 Å². The number of ether oxygens (including phenoxy) is 1. The van der Waals surface area contributed by atoms with Gasteiger partial charge in [-0.05, 0) is 38.7 Å². The molecule has 1 fully saturated rings. The van der Waals surface area contributed by atoms with Gasteiger partial charge in [0.1, 0.15) is 23.3 Å². The van der Waals surface area contributed by atoms with Crippen molar-refractivity contribution in [1.82, 2.24) is 15.6 Å². The number of hydrogen-bond donors (Lipinski definition) is 4. The van der Waals surface area contributed by atoms with Crippen LogP contribution in [0.15, 0.2) is 30.3 Å². The number of aromatic nitrogens is 1. The van der Waals surface area contributed by atoms with E-state index in [9.17, 15) is 19.1 Å². The Morgan fingerprint density at radius 3 is 2.55 bits per heavy atom. The summed E-state index contributed by atoms with van der Waals surface area (Å²) >= 11 is 0. The first kappa shape index (κ1) is 20.9. The molecule has 3 rings (SSSR count). The fraction of sp³-hybridized carbons (Fsp3) is 0.429. The van der Waals surface area contributed by atoms with Crippen LogP contribution in [0.5, 0.6) is 5.75 Å². The largest absolute Gasteiger partial charge is 0.483 e. The Morgan fingerprint density at radius 1 is 1.21 bits per heavy atom. The lowest BCUT2D eigenvalue weighted by Gasteiger charge is -2.25. The highest BCUT2D eigenvalue weighted by Crippen LogP contribution is 2.28. The zero-order chi connectivity index (χ0) is 21.0. The number of halogens is 1. The van der Waals surface area contributed by atoms with Gasteiger partial charge in [0, 0.05) is 24.7 Å². The van der Waals surface area contributed by atoms with E-state index in [1.807, 2.05) is 0 Å². The lowest BCUT2D eigenvalue weighted by molar-refractivity contribution is 0.0863. The number of carbonyl (C=O) groups is 2. The van der Waals surface area contributed by atoms with Gasteiger partial charge in [-0.25, -0.2) is 4.39 Å². The minimum atomic E-state index is -0.661. The first-order valence-electron chi connectivity index (χ1n) is 9.74. The van der Waals surface area contributed by atoms with Crippen LogP contribution in [-0.4, -0.2) is 41.1 Å². The highest BCUT2D eigenvalue weighted by Gasteiger charge is 2.25. The minimum absolute atomic E-state index is 0.0284. The molecule has 0 saturated heterocycles. The molecule has 0 spiro atoms. The lowest BCUT2D eigenvalue weighted by atomic mass is 9.93. The number of aliphatic hydroxyl groups excluding tert-OH is 1. The normalized spacial score (nSPS) is 20.0. The third-order valence-corrected chi connectivity index (χ3v) is 5.16. The molecule has 2 amide bonds. The maximum atomic E-state index is 14.0. The third-order valence-electron chi connectivity index (χ3n) is 5.16. The van der Waals surface area contributed by atoms with Crippen LogP contribution < -0.4 is 15.4 Å². The van der Waals surface area contributed by atoms with E-state index in [1.165, 1.54) is 19.2 Å². The van der Waals surface area contributed by atoms with Crippen LogP contribution in [0.4, 0.5) is 4.39 Å². The number of rotatable bonds is 6. The van der Waals surface area contributed by atoms with Crippen LogP contribution >= 0.6 is 0 Å². The summed E-state index contributed by atoms with van der Waals surface area (Å²) in [5, 5.41) is 15.0. The van der Waals surface area contributed by atoms with Crippen molar-refractivity contribution in [2.45, 2.75) is 50.9 Å². The van der Waals surface area contributed by atoms with Crippen molar-refractivity contribution in [3.05, 3.63) is 53.1 Å². The summed E-state index contributed by atoms with van der Waals surface area (Å²) in [6.07, 6.45) is 1.72. The van der Waals surface area contributed by atoms with Crippen LogP contribution in [0.1, 0.15) is 65.3 Å². The van der Waals surface area contributed by atoms with Gasteiger partial charge in [-0.2, -0.15) is 0 Å². The molecule has 4 N–H and O–H groups in total. The summed E-state index contributed by atoms with van der Waals surface area (Å²) < 4.78 is 19.9. The number of nitrogens with one attached hydrogen (secondary N) is 3. The molecule has 156 valence electrons. The van der Waals surface area contributed by atoms with Crippen molar-refractivity contribution in [3.8, 4) is 5.75 Å². The average Bonchev–Trinajstić information content (AvgIpc) is 3.13. The Labute approximate surface area is 168 Å². The molecule has 0 bridgehead atoms. The second-order valence-corrected chi connectivity index (χ2v) is 7.26. The van der Waals surface area contributed by atoms with Crippen LogP contribution in [-0.2, 0) is 0 Å². The van der Waals surface area contributed by atoms with Gasteiger partial charge in [-0.3, -0.25) is 9.59 Å². The molecular weight excluding hydrogens is 377 g/mol. The summed E-state index contributed by atoms with van der Waals surface area (Å²) in [4.78, 5) is 27.7. The summed E-state index contributed by atoms with van der Waals surface area (Å²) in [7, 11) is 1.47. The molecule has 1 aliphatic carbocycles. The second kappa shape index (κ2) is 9.09. The van der Waals surface area contributed by atoms with E-state index in [0.29, 0.717) is 31.2 Å². The van der Waals surface area contributed by atoms with Crippen molar-refractivity contribution in [2.24, 2.45) is 0 Å². The molecule has 0 radical (unpaired) electrons. The second-order valence-electron chi connectivity index (χ2n) is 7.26. The molecule has 0 aliphatic heterocycles. The summed E-state index contributed by atoms with van der Waals surface area (Å²) in [5.74, 6) is -1.04. The van der Waals surface area contributed by atoms with Crippen molar-refractivity contribution < 1.29 is 23.8 Å². The van der Waals surface area contributed by atoms with Gasteiger partial charge in [0.25, 0.3) is 11.8 Å². The van der Waals surface area contributed by atoms with Crippen LogP contribution in [0, 0.1) is 5.82 Å². The molecular formula is C21H26FN3O4. The number of amides is 2. The smallest absolute Gasteiger partial charge is 0.271 e. The third kappa shape index (κ3) is 4.95. The molecule has 1 aromatic carbocycles. The fourth-order valence-electron chi connectivity index (χ4n) is 3.49. The van der Waals surface area contributed by atoms with Gasteiger partial charge in [-0.1, -0.05) is 18.2 Å². The zero-order valence-corrected chi connectivity index (χ0v) is 16.5. The molecule has 1 aliphatic rings. The van der Waals surface area contributed by atoms with Crippen molar-refractivity contribution in [3.63, 3.8) is 0 Å². The molecule has 1 atom stereocenters. The quantitative estimate of drug-likeness (QED) is 0.595. The Kier molecular flexibility index (Phi) is 6.53. The fourth-order valence-corrected chi connectivity index (χ4v) is 3.49. The maximum absolute atomic E-state index is 14.0. The summed E-state index contributed by atoms with van der Waals surface area (Å²) in [5.41, 5.74) is 0.633. The number of aromatic amines is 1. The molecule has 8 heteroatoms. The number of benzene rings is 1. The standard InChI is InChI=1S/C21H26FN3O4/c1-12(15-5-3-4-6-16(15)22)29-18-11-17(25-19(18)21(28)23-2)20(27)24-13-7-9-14(26)10-8-13/h3-6,11-14,25-26H,7-10H2,1-2H3,(H,23,28)(H,24,27)/t12?,13-,14-. The van der Waals surface area contributed by atoms with E-state index in [0.717, 1.165) is 0 Å². The van der Waals surface area contributed by atoms with Crippen molar-refractivity contribution in [2.75, 3.05) is 7.05 Å². The van der Waals surface area contributed by atoms with E-state index in [-0.39, 0.29) is 35.2 Å². The van der Waals surface area contributed by atoms with Gasteiger partial charge < -0.3 is 25.5 Å². The molecule has 1 unspecified atom stereocenters. The number of carbonyl (C=O) groups excluding carboxylic acids is 2. The van der Waals surface area contributed by atoms with Gasteiger partial charge in [0.05, 0.1) is 6.10 Å². The molecule has 29 heavy (non-hydrogen) atoms. The highest BCUT2D eigenvalue weighted by atomic mass is 19.1. The SMILES string of the molecule is CNC(=O)c1[nH]c(C(=O)N[C@H]2CC[C@H](O)CC2)cc1OC(C)c1ccccc1F. The van der Waals surface area contributed by atoms with Gasteiger partial charge in [0.15, 0.2) is 5.75 Å². The van der Waals surface area contributed by atoms with Gasteiger partial charge in [0.2, 0.25) is 0 Å². The Bertz CT molecular complexity index is 875. The predicted octanol–water partition coefficient (Wildman–Crippen LogP) is 2.69. The topological polar surface area (TPSA) is 103 Å². The summed E-state index contributed by atoms with van der Waals surface area (Å²) in [6.45, 7) is 1.67. The number of hydrogen-bond acceptors (Lipinski definition) is 4. The van der Waals surface area contributed by atoms with Crippen LogP contribution in [0.25, 0.3) is 0 Å². The minimum Gasteiger partial charge on any atom is -0.483 e. The van der Waals surface area contributed by atoms with Crippen LogP contribution in [0.3, 0.4) is 0 Å². The van der Waals surface area contributed by atoms with E-state index < -0.39 is 17.8 Å². The number of aliphatic hydroxyl groups is 1. The zero-order valence-electron chi connectivity index (χ0n) is 16.5. The van der Waals surface area contributed by atoms with E-state index in [2.05, 4.69) is 15.6 Å². The van der Waals surface area contributed by atoms with Crippen LogP contribution in [0.2, 0.25) is 0 Å². The molecule has 1 aromatic heterocycles. The lowest BCUT2D eigenvalue weighted by Crippen LogP contribution is -2.38.